The molecule has 0 saturated heterocycles. The molecule has 0 radical (unpaired) electrons. The number of rotatable bonds is 4. The monoisotopic (exact) mass is 311 g/mol. The molecule has 7 heteroatoms. The smallest absolute Gasteiger partial charge is 0.285 e. The molecule has 0 aliphatic rings. The van der Waals surface area contributed by atoms with Crippen LogP contribution in [0.4, 0.5) is 5.69 Å². The van der Waals surface area contributed by atoms with Gasteiger partial charge in [-0.3, -0.25) is 14.9 Å². The van der Waals surface area contributed by atoms with Crippen molar-refractivity contribution in [1.82, 2.24) is 9.55 Å². The summed E-state index contributed by atoms with van der Waals surface area (Å²) in [5, 5.41) is 10.8. The maximum absolute atomic E-state index is 11.8. The van der Waals surface area contributed by atoms with E-state index in [0.717, 1.165) is 11.1 Å². The number of oxazole rings is 1. The highest BCUT2D eigenvalue weighted by Crippen LogP contribution is 2.19. The lowest BCUT2D eigenvalue weighted by Crippen LogP contribution is -2.19. The first-order valence-electron chi connectivity index (χ1n) is 6.89. The number of hydrogen-bond donors (Lipinski definition) is 0. The highest BCUT2D eigenvalue weighted by Gasteiger charge is 2.11. The third-order valence-corrected chi connectivity index (χ3v) is 3.36. The predicted molar refractivity (Wildman–Crippen MR) is 83.1 cm³/mol. The standard InChI is InChI=1S/C16H13N3O4/c1-11-2-4-12(5-3-11)16-17-13(10-23-16)8-18-9-14(19(21)22)6-7-15(18)20/h2-7,9-10H,8H2,1H3. The van der Waals surface area contributed by atoms with Crippen LogP contribution in [0.2, 0.25) is 0 Å². The first kappa shape index (κ1) is 14.7. The van der Waals surface area contributed by atoms with Gasteiger partial charge >= 0.3 is 0 Å². The number of benzene rings is 1. The summed E-state index contributed by atoms with van der Waals surface area (Å²) < 4.78 is 6.65. The maximum Gasteiger partial charge on any atom is 0.285 e. The van der Waals surface area contributed by atoms with E-state index in [0.29, 0.717) is 11.6 Å². The molecule has 1 aromatic carbocycles. The first-order valence-corrected chi connectivity index (χ1v) is 6.89. The van der Waals surface area contributed by atoms with Crippen LogP contribution in [0.15, 0.2) is 58.1 Å². The van der Waals surface area contributed by atoms with E-state index < -0.39 is 4.92 Å². The fourth-order valence-electron chi connectivity index (χ4n) is 2.13. The van der Waals surface area contributed by atoms with Crippen molar-refractivity contribution in [3.63, 3.8) is 0 Å². The van der Waals surface area contributed by atoms with Gasteiger partial charge in [0.15, 0.2) is 0 Å². The molecular weight excluding hydrogens is 298 g/mol. The van der Waals surface area contributed by atoms with Gasteiger partial charge in [0, 0.05) is 17.7 Å². The lowest BCUT2D eigenvalue weighted by molar-refractivity contribution is -0.385. The molecule has 0 N–H and O–H groups in total. The van der Waals surface area contributed by atoms with Crippen molar-refractivity contribution in [2.75, 3.05) is 0 Å². The second-order valence-corrected chi connectivity index (χ2v) is 5.12. The van der Waals surface area contributed by atoms with Gasteiger partial charge in [-0.05, 0) is 19.1 Å². The Bertz CT molecular complexity index is 910. The summed E-state index contributed by atoms with van der Waals surface area (Å²) in [6.45, 7) is 2.09. The third kappa shape index (κ3) is 3.18. The van der Waals surface area contributed by atoms with Crippen molar-refractivity contribution in [1.29, 1.82) is 0 Å². The molecule has 0 aliphatic heterocycles. The first-order chi connectivity index (χ1) is 11.0. The Morgan fingerprint density at radius 2 is 1.96 bits per heavy atom. The summed E-state index contributed by atoms with van der Waals surface area (Å²) >= 11 is 0. The number of aryl methyl sites for hydroxylation is 1. The number of hydrogen-bond acceptors (Lipinski definition) is 5. The summed E-state index contributed by atoms with van der Waals surface area (Å²) in [7, 11) is 0. The summed E-state index contributed by atoms with van der Waals surface area (Å²) in [6, 6.07) is 10.0. The minimum absolute atomic E-state index is 0.107. The van der Waals surface area contributed by atoms with Gasteiger partial charge in [0.2, 0.25) is 5.89 Å². The van der Waals surface area contributed by atoms with Crippen LogP contribution in [0, 0.1) is 17.0 Å². The zero-order chi connectivity index (χ0) is 16.4. The maximum atomic E-state index is 11.8. The Morgan fingerprint density at radius 1 is 1.22 bits per heavy atom. The van der Waals surface area contributed by atoms with E-state index in [1.54, 1.807) is 0 Å². The quantitative estimate of drug-likeness (QED) is 0.546. The van der Waals surface area contributed by atoms with Gasteiger partial charge in [0.25, 0.3) is 11.2 Å². The van der Waals surface area contributed by atoms with E-state index in [9.17, 15) is 14.9 Å². The third-order valence-electron chi connectivity index (χ3n) is 3.36. The minimum Gasteiger partial charge on any atom is -0.444 e. The molecule has 0 fully saturated rings. The van der Waals surface area contributed by atoms with Crippen molar-refractivity contribution in [2.45, 2.75) is 13.5 Å². The van der Waals surface area contributed by atoms with Crippen molar-refractivity contribution in [2.24, 2.45) is 0 Å². The Hall–Kier alpha value is -3.22. The molecule has 0 aliphatic carbocycles. The van der Waals surface area contributed by atoms with Gasteiger partial charge in [-0.15, -0.1) is 0 Å². The summed E-state index contributed by atoms with van der Waals surface area (Å²) in [6.07, 6.45) is 2.64. The highest BCUT2D eigenvalue weighted by molar-refractivity contribution is 5.53. The number of nitrogens with zero attached hydrogens (tertiary/aromatic N) is 3. The molecule has 0 atom stereocenters. The van der Waals surface area contributed by atoms with Crippen LogP contribution in [0.3, 0.4) is 0 Å². The van der Waals surface area contributed by atoms with Crippen LogP contribution in [-0.4, -0.2) is 14.5 Å². The second-order valence-electron chi connectivity index (χ2n) is 5.12. The second kappa shape index (κ2) is 5.88. The number of aromatic nitrogens is 2. The Labute approximate surface area is 131 Å². The lowest BCUT2D eigenvalue weighted by Gasteiger charge is -2.01. The average molecular weight is 311 g/mol. The summed E-state index contributed by atoms with van der Waals surface area (Å²) in [5.41, 5.74) is 1.99. The van der Waals surface area contributed by atoms with Crippen LogP contribution < -0.4 is 5.56 Å². The molecule has 23 heavy (non-hydrogen) atoms. The molecule has 2 heterocycles. The van der Waals surface area contributed by atoms with Gasteiger partial charge in [-0.2, -0.15) is 0 Å². The van der Waals surface area contributed by atoms with Crippen LogP contribution >= 0.6 is 0 Å². The van der Waals surface area contributed by atoms with Gasteiger partial charge in [-0.25, -0.2) is 4.98 Å². The molecule has 116 valence electrons. The van der Waals surface area contributed by atoms with Gasteiger partial charge in [0.1, 0.15) is 6.26 Å². The fourth-order valence-corrected chi connectivity index (χ4v) is 2.13. The van der Waals surface area contributed by atoms with E-state index >= 15 is 0 Å². The molecule has 2 aromatic heterocycles. The van der Waals surface area contributed by atoms with Crippen LogP contribution in [0.25, 0.3) is 11.5 Å². The van der Waals surface area contributed by atoms with Crippen molar-refractivity contribution >= 4 is 5.69 Å². The Kier molecular flexibility index (Phi) is 3.76. The van der Waals surface area contributed by atoms with Crippen molar-refractivity contribution < 1.29 is 9.34 Å². The van der Waals surface area contributed by atoms with E-state index in [1.807, 2.05) is 31.2 Å². The zero-order valence-electron chi connectivity index (χ0n) is 12.3. The van der Waals surface area contributed by atoms with E-state index in [1.165, 1.54) is 29.2 Å². The molecule has 7 nitrogen and oxygen atoms in total. The molecule has 3 rings (SSSR count). The number of nitro groups is 1. The highest BCUT2D eigenvalue weighted by atomic mass is 16.6. The molecule has 0 saturated carbocycles. The molecule has 0 bridgehead atoms. The normalized spacial score (nSPS) is 10.7. The van der Waals surface area contributed by atoms with E-state index in [4.69, 9.17) is 4.42 Å². The van der Waals surface area contributed by atoms with Gasteiger partial charge in [-0.1, -0.05) is 17.7 Å². The molecule has 0 amide bonds. The fraction of sp³-hybridized carbons (Fsp3) is 0.125. The molecular formula is C16H13N3O4. The molecule has 0 unspecified atom stereocenters. The topological polar surface area (TPSA) is 91.2 Å². The van der Waals surface area contributed by atoms with Crippen molar-refractivity contribution in [3.8, 4) is 11.5 Å². The SMILES string of the molecule is Cc1ccc(-c2nc(Cn3cc([N+](=O)[O-])ccc3=O)co2)cc1. The minimum atomic E-state index is -0.545. The van der Waals surface area contributed by atoms with Crippen LogP contribution in [0.1, 0.15) is 11.3 Å². The Balaban J connectivity index is 1.87. The molecule has 3 aromatic rings. The van der Waals surface area contributed by atoms with Crippen molar-refractivity contribution in [3.05, 3.63) is 80.6 Å². The summed E-state index contributed by atoms with van der Waals surface area (Å²) in [4.78, 5) is 26.4. The van der Waals surface area contributed by atoms with Gasteiger partial charge < -0.3 is 8.98 Å². The molecule has 0 spiro atoms. The average Bonchev–Trinajstić information content (AvgIpc) is 2.98. The largest absolute Gasteiger partial charge is 0.444 e. The summed E-state index contributed by atoms with van der Waals surface area (Å²) in [5.74, 6) is 0.443. The van der Waals surface area contributed by atoms with E-state index in [-0.39, 0.29) is 17.8 Å². The van der Waals surface area contributed by atoms with Gasteiger partial charge in [0.05, 0.1) is 23.4 Å². The Morgan fingerprint density at radius 3 is 2.65 bits per heavy atom. The van der Waals surface area contributed by atoms with Crippen LogP contribution in [-0.2, 0) is 6.54 Å². The zero-order valence-corrected chi connectivity index (χ0v) is 12.3. The lowest BCUT2D eigenvalue weighted by atomic mass is 10.1. The number of pyridine rings is 1. The van der Waals surface area contributed by atoms with E-state index in [2.05, 4.69) is 4.98 Å². The predicted octanol–water partition coefficient (Wildman–Crippen LogP) is 2.77. The van der Waals surface area contributed by atoms with Crippen LogP contribution in [0.5, 0.6) is 0 Å².